The van der Waals surface area contributed by atoms with Gasteiger partial charge in [0, 0.05) is 2.74 Å². The molecule has 1 atom stereocenters. The molecule has 0 N–H and O–H groups in total. The minimum Gasteiger partial charge on any atom is -0.492 e. The van der Waals surface area contributed by atoms with Crippen molar-refractivity contribution < 1.29 is 12.2 Å². The zero-order valence-corrected chi connectivity index (χ0v) is 5.61. The molecular formula is C6H12O2S. The molecule has 2 aliphatic heterocycles. The van der Waals surface area contributed by atoms with Crippen molar-refractivity contribution >= 4 is 11.4 Å². The molecular weight excluding hydrogens is 136 g/mol. The standard InChI is InChI=1S/C6H12O2S/c1-2-8-6-4-9-3-5(6)7-1/h3,6H,1-2,4H2,9H4/i4D2,9D4. The van der Waals surface area contributed by atoms with Crippen molar-refractivity contribution in [2.45, 2.75) is 6.10 Å². The Bertz CT molecular complexity index is 356. The Hall–Kier alpha value is -0.150. The molecule has 0 amide bonds. The number of ether oxygens (including phenoxy) is 2. The molecule has 0 radical (unpaired) electrons. The molecule has 9 heavy (non-hydrogen) atoms. The molecule has 1 unspecified atom stereocenters. The smallest absolute Gasteiger partial charge is 0.128 e. The Balaban J connectivity index is 2.60. The van der Waals surface area contributed by atoms with E-state index in [0.29, 0.717) is 5.41 Å². The lowest BCUT2D eigenvalue weighted by Crippen LogP contribution is -2.25. The largest absolute Gasteiger partial charge is 0.492 e. The van der Waals surface area contributed by atoms with Gasteiger partial charge >= 0.3 is 0 Å². The normalized spacial score (nSPS) is 72.9. The summed E-state index contributed by atoms with van der Waals surface area (Å²) in [5, 5.41) is 0.670. The van der Waals surface area contributed by atoms with Gasteiger partial charge < -0.3 is 9.47 Å². The lowest BCUT2D eigenvalue weighted by molar-refractivity contribution is -0.0291. The number of fused-ring (bicyclic) bond motifs is 1. The van der Waals surface area contributed by atoms with Gasteiger partial charge in [-0.15, -0.1) is 0 Å². The SMILES string of the molecule is [2H]C1([2H])C2OCCOC2=CS1([2H])([2H])([2H])[2H]. The van der Waals surface area contributed by atoms with Gasteiger partial charge in [0.25, 0.3) is 0 Å². The summed E-state index contributed by atoms with van der Waals surface area (Å²) in [5.74, 6) is -0.0529. The first kappa shape index (κ1) is 2.17. The topological polar surface area (TPSA) is 18.5 Å². The number of hydrogen-bond donors (Lipinski definition) is 0. The molecule has 1 fully saturated rings. The van der Waals surface area contributed by atoms with Crippen LogP contribution in [0, 0.1) is 0 Å². The van der Waals surface area contributed by atoms with Crippen LogP contribution in [0.15, 0.2) is 11.2 Å². The molecule has 3 heteroatoms. The number of hydrogen-bond acceptors (Lipinski definition) is 2. The summed E-state index contributed by atoms with van der Waals surface area (Å²) < 4.78 is 55.7. The van der Waals surface area contributed by atoms with E-state index in [9.17, 15) is 0 Å². The average Bonchev–Trinajstić information content (AvgIpc) is 2.13. The van der Waals surface area contributed by atoms with E-state index in [0.717, 1.165) is 0 Å². The summed E-state index contributed by atoms with van der Waals surface area (Å²) >= 11 is -5.89. The maximum Gasteiger partial charge on any atom is 0.128 e. The Morgan fingerprint density at radius 3 is 3.78 bits per heavy atom. The highest BCUT2D eigenvalue weighted by Gasteiger charge is 2.23. The monoisotopic (exact) mass is 154 g/mol. The van der Waals surface area contributed by atoms with Crippen LogP contribution in [0.3, 0.4) is 0 Å². The molecule has 0 aromatic carbocycles. The van der Waals surface area contributed by atoms with E-state index in [1.54, 1.807) is 0 Å². The fourth-order valence-electron chi connectivity index (χ4n) is 0.825. The van der Waals surface area contributed by atoms with Crippen molar-refractivity contribution in [3.05, 3.63) is 11.2 Å². The number of rotatable bonds is 0. The average molecular weight is 154 g/mol. The molecule has 0 saturated carbocycles. The third kappa shape index (κ3) is 0.946. The summed E-state index contributed by atoms with van der Waals surface area (Å²) in [5.41, 5.74) is -2.70. The molecule has 0 spiro atoms. The van der Waals surface area contributed by atoms with Crippen molar-refractivity contribution in [2.75, 3.05) is 18.9 Å². The minimum absolute atomic E-state index is 0.0529. The Morgan fingerprint density at radius 2 is 2.89 bits per heavy atom. The summed E-state index contributed by atoms with van der Waals surface area (Å²) in [6.45, 7) is 0.349. The van der Waals surface area contributed by atoms with Crippen LogP contribution in [0.5, 0.6) is 0 Å². The first-order valence-corrected chi connectivity index (χ1v) is 3.70. The molecule has 0 aliphatic carbocycles. The summed E-state index contributed by atoms with van der Waals surface area (Å²) in [6, 6.07) is 0. The van der Waals surface area contributed by atoms with E-state index in [4.69, 9.17) is 16.7 Å². The van der Waals surface area contributed by atoms with Gasteiger partial charge in [0.05, 0.1) is 11.1 Å². The second kappa shape index (κ2) is 2.23. The van der Waals surface area contributed by atoms with Gasteiger partial charge in [-0.2, -0.15) is 0 Å². The van der Waals surface area contributed by atoms with Crippen molar-refractivity contribution in [1.29, 1.82) is 4.50 Å². The fraction of sp³-hybridized carbons (Fsp3) is 0.667. The molecule has 54 valence electrons. The third-order valence-corrected chi connectivity index (χ3v) is 1.95. The summed E-state index contributed by atoms with van der Waals surface area (Å²) in [4.78, 5) is 0. The highest BCUT2D eigenvalue weighted by Crippen LogP contribution is 2.27. The van der Waals surface area contributed by atoms with Crippen molar-refractivity contribution in [2.24, 2.45) is 0 Å². The van der Waals surface area contributed by atoms with Gasteiger partial charge in [0.1, 0.15) is 18.5 Å². The van der Waals surface area contributed by atoms with Crippen LogP contribution in [0.4, 0.5) is 0 Å². The molecule has 0 aromatic rings. The molecule has 2 rings (SSSR count). The van der Waals surface area contributed by atoms with Crippen molar-refractivity contribution in [1.82, 2.24) is 0 Å². The van der Waals surface area contributed by atoms with Gasteiger partial charge in [-0.05, 0) is 11.1 Å². The van der Waals surface area contributed by atoms with Crippen molar-refractivity contribution in [3.8, 4) is 0 Å². The van der Waals surface area contributed by atoms with Crippen LogP contribution in [0.1, 0.15) is 2.74 Å². The van der Waals surface area contributed by atoms with Gasteiger partial charge in [-0.1, -0.05) is 0 Å². The first-order valence-electron chi connectivity index (χ1n) is 5.46. The molecule has 0 bridgehead atoms. The van der Waals surface area contributed by atoms with Gasteiger partial charge in [0.15, 0.2) is 0 Å². The molecule has 2 heterocycles. The summed E-state index contributed by atoms with van der Waals surface area (Å²) in [6.07, 6.45) is -1.27. The fourth-order valence-corrected chi connectivity index (χ4v) is 1.51. The lowest BCUT2D eigenvalue weighted by Gasteiger charge is -2.21. The predicted octanol–water partition coefficient (Wildman–Crippen LogP) is -0.0808. The van der Waals surface area contributed by atoms with E-state index in [1.807, 2.05) is 0 Å². The molecule has 2 aliphatic rings. The van der Waals surface area contributed by atoms with Gasteiger partial charge in [0.2, 0.25) is 0 Å². The maximum atomic E-state index is 7.62. The predicted molar refractivity (Wildman–Crippen MR) is 41.8 cm³/mol. The minimum atomic E-state index is -5.89. The third-order valence-electron chi connectivity index (χ3n) is 1.25. The first-order chi connectivity index (χ1) is 6.47. The van der Waals surface area contributed by atoms with E-state index in [1.165, 1.54) is 0 Å². The van der Waals surface area contributed by atoms with Crippen LogP contribution in [0.2, 0.25) is 0 Å². The van der Waals surface area contributed by atoms with E-state index < -0.39 is 23.2 Å². The second-order valence-corrected chi connectivity index (χ2v) is 2.56. The Labute approximate surface area is 65.4 Å². The van der Waals surface area contributed by atoms with Crippen LogP contribution in [0.25, 0.3) is 0 Å². The highest BCUT2D eigenvalue weighted by atomic mass is 32.2. The van der Waals surface area contributed by atoms with E-state index in [-0.39, 0.29) is 19.0 Å². The Kier molecular flexibility index (Phi) is 0.538. The molecule has 1 saturated heterocycles. The highest BCUT2D eigenvalue weighted by molar-refractivity contribution is 8.02. The zero-order valence-electron chi connectivity index (χ0n) is 10.8. The van der Waals surface area contributed by atoms with Gasteiger partial charge in [-0.25, -0.2) is 0 Å². The van der Waals surface area contributed by atoms with Crippen LogP contribution < -0.4 is 0 Å². The molecule has 2 nitrogen and oxygen atoms in total. The second-order valence-electron chi connectivity index (χ2n) is 1.86. The van der Waals surface area contributed by atoms with E-state index >= 15 is 0 Å². The van der Waals surface area contributed by atoms with Crippen LogP contribution in [-0.4, -0.2) is 29.5 Å². The zero-order chi connectivity index (χ0) is 11.6. The van der Waals surface area contributed by atoms with E-state index in [2.05, 4.69) is 0 Å². The Morgan fingerprint density at radius 1 is 1.89 bits per heavy atom. The maximum absolute atomic E-state index is 7.62. The molecule has 0 aromatic heterocycles. The van der Waals surface area contributed by atoms with Crippen LogP contribution >= 0.6 is 11.4 Å². The summed E-state index contributed by atoms with van der Waals surface area (Å²) in [7, 11) is 0. The lowest BCUT2D eigenvalue weighted by atomic mass is 10.3. The quantitative estimate of drug-likeness (QED) is 0.486. The van der Waals surface area contributed by atoms with Gasteiger partial charge in [-0.3, -0.25) is 11.4 Å². The van der Waals surface area contributed by atoms with Crippen LogP contribution in [-0.2, 0) is 9.47 Å². The van der Waals surface area contributed by atoms with Crippen molar-refractivity contribution in [3.63, 3.8) is 0 Å².